The Morgan fingerprint density at radius 3 is 1.55 bits per heavy atom. The molecule has 0 N–H and O–H groups in total. The van der Waals surface area contributed by atoms with Crippen LogP contribution in [0.4, 0.5) is 0 Å². The van der Waals surface area contributed by atoms with Crippen LogP contribution in [0.3, 0.4) is 0 Å². The lowest BCUT2D eigenvalue weighted by atomic mass is 10.0. The first-order valence-corrected chi connectivity index (χ1v) is 9.98. The molecule has 0 saturated heterocycles. The molecule has 130 valence electrons. The van der Waals surface area contributed by atoms with Gasteiger partial charge in [0.05, 0.1) is 0 Å². The van der Waals surface area contributed by atoms with Gasteiger partial charge in [0, 0.05) is 6.42 Å². The van der Waals surface area contributed by atoms with Crippen LogP contribution in [0, 0.1) is 0 Å². The molecule has 0 saturated carbocycles. The zero-order valence-electron chi connectivity index (χ0n) is 14.8. The van der Waals surface area contributed by atoms with Crippen molar-refractivity contribution < 1.29 is 4.79 Å². The summed E-state index contributed by atoms with van der Waals surface area (Å²) in [5, 5.41) is -0.184. The zero-order valence-corrected chi connectivity index (χ0v) is 15.5. The summed E-state index contributed by atoms with van der Waals surface area (Å²) in [5.74, 6) is 0. The molecule has 2 heteroatoms. The normalized spacial score (nSPS) is 11.4. The van der Waals surface area contributed by atoms with Crippen LogP contribution in [-0.4, -0.2) is 5.24 Å². The van der Waals surface area contributed by atoms with Crippen molar-refractivity contribution in [2.24, 2.45) is 0 Å². The molecular weight excluding hydrogens is 292 g/mol. The molecule has 0 rings (SSSR count). The molecule has 0 aromatic heterocycles. The van der Waals surface area contributed by atoms with Gasteiger partial charge < -0.3 is 0 Å². The second-order valence-electron chi connectivity index (χ2n) is 6.40. The number of rotatable bonds is 17. The van der Waals surface area contributed by atoms with Crippen LogP contribution < -0.4 is 0 Å². The first kappa shape index (κ1) is 21.7. The maximum atomic E-state index is 10.6. The van der Waals surface area contributed by atoms with Crippen molar-refractivity contribution in [2.45, 2.75) is 110 Å². The van der Waals surface area contributed by atoms with Gasteiger partial charge in [-0.1, -0.05) is 89.7 Å². The third-order valence-electron chi connectivity index (χ3n) is 4.14. The monoisotopic (exact) mass is 328 g/mol. The highest BCUT2D eigenvalue weighted by Crippen LogP contribution is 2.13. The Morgan fingerprint density at radius 2 is 1.09 bits per heavy atom. The molecule has 1 nitrogen and oxygen atoms in total. The van der Waals surface area contributed by atoms with E-state index in [0.717, 1.165) is 12.8 Å². The highest BCUT2D eigenvalue weighted by Gasteiger charge is 1.96. The summed E-state index contributed by atoms with van der Waals surface area (Å²) in [5.41, 5.74) is 0. The summed E-state index contributed by atoms with van der Waals surface area (Å²) in [6, 6.07) is 0. The van der Waals surface area contributed by atoms with Gasteiger partial charge >= 0.3 is 0 Å². The molecule has 0 unspecified atom stereocenters. The predicted octanol–water partition coefficient (Wildman–Crippen LogP) is 7.57. The number of hydrogen-bond acceptors (Lipinski definition) is 1. The highest BCUT2D eigenvalue weighted by molar-refractivity contribution is 6.63. The van der Waals surface area contributed by atoms with E-state index in [-0.39, 0.29) is 5.24 Å². The molecule has 0 aliphatic rings. The molecule has 0 aliphatic heterocycles. The summed E-state index contributed by atoms with van der Waals surface area (Å²) < 4.78 is 0. The molecule has 0 aromatic rings. The lowest BCUT2D eigenvalue weighted by Crippen LogP contribution is -1.86. The van der Waals surface area contributed by atoms with Crippen LogP contribution >= 0.6 is 11.6 Å². The van der Waals surface area contributed by atoms with Crippen LogP contribution in [0.25, 0.3) is 0 Å². The van der Waals surface area contributed by atoms with Gasteiger partial charge in [0.2, 0.25) is 5.24 Å². The lowest BCUT2D eigenvalue weighted by Gasteiger charge is -2.02. The van der Waals surface area contributed by atoms with E-state index >= 15 is 0 Å². The number of unbranched alkanes of at least 4 members (excludes halogenated alkanes) is 13. The van der Waals surface area contributed by atoms with Crippen LogP contribution in [-0.2, 0) is 4.79 Å². The van der Waals surface area contributed by atoms with Crippen LogP contribution in [0.2, 0.25) is 0 Å². The summed E-state index contributed by atoms with van der Waals surface area (Å²) in [7, 11) is 0. The smallest absolute Gasteiger partial charge is 0.221 e. The number of carbonyl (C=O) groups excluding carboxylic acids is 1. The molecular formula is C20H37ClO. The van der Waals surface area contributed by atoms with Crippen molar-refractivity contribution in [1.29, 1.82) is 0 Å². The van der Waals surface area contributed by atoms with Crippen molar-refractivity contribution >= 4 is 16.8 Å². The van der Waals surface area contributed by atoms with E-state index in [4.69, 9.17) is 11.6 Å². The Kier molecular flexibility index (Phi) is 18.5. The van der Waals surface area contributed by atoms with Gasteiger partial charge in [-0.3, -0.25) is 4.79 Å². The average Bonchev–Trinajstić information content (AvgIpc) is 2.50. The minimum atomic E-state index is -0.184. The predicted molar refractivity (Wildman–Crippen MR) is 99.5 cm³/mol. The fourth-order valence-electron chi connectivity index (χ4n) is 2.67. The van der Waals surface area contributed by atoms with Crippen molar-refractivity contribution in [3.63, 3.8) is 0 Å². The molecule has 0 heterocycles. The van der Waals surface area contributed by atoms with E-state index in [1.54, 1.807) is 0 Å². The van der Waals surface area contributed by atoms with Gasteiger partial charge in [0.15, 0.2) is 0 Å². The lowest BCUT2D eigenvalue weighted by molar-refractivity contribution is -0.111. The van der Waals surface area contributed by atoms with Gasteiger partial charge in [-0.05, 0) is 37.3 Å². The SMILES string of the molecule is CCCC/C=C/CCCCCCCCCCCCCC(=O)Cl. The van der Waals surface area contributed by atoms with E-state index in [0.29, 0.717) is 6.42 Å². The van der Waals surface area contributed by atoms with Gasteiger partial charge in [0.25, 0.3) is 0 Å². The van der Waals surface area contributed by atoms with Gasteiger partial charge in [-0.25, -0.2) is 0 Å². The van der Waals surface area contributed by atoms with Gasteiger partial charge in [0.1, 0.15) is 0 Å². The number of hydrogen-bond donors (Lipinski definition) is 0. The third-order valence-corrected chi connectivity index (χ3v) is 4.32. The molecule has 0 aromatic carbocycles. The van der Waals surface area contributed by atoms with Crippen LogP contribution in [0.15, 0.2) is 12.2 Å². The quantitative estimate of drug-likeness (QED) is 0.153. The second kappa shape index (κ2) is 18.7. The fraction of sp³-hybridized carbons (Fsp3) is 0.850. The molecule has 0 bridgehead atoms. The Hall–Kier alpha value is -0.300. The minimum absolute atomic E-state index is 0.184. The average molecular weight is 329 g/mol. The summed E-state index contributed by atoms with van der Waals surface area (Å²) in [6.45, 7) is 2.25. The van der Waals surface area contributed by atoms with Crippen LogP contribution in [0.1, 0.15) is 110 Å². The van der Waals surface area contributed by atoms with E-state index in [1.807, 2.05) is 0 Å². The van der Waals surface area contributed by atoms with E-state index < -0.39 is 0 Å². The highest BCUT2D eigenvalue weighted by atomic mass is 35.5. The summed E-state index contributed by atoms with van der Waals surface area (Å²) in [6.07, 6.45) is 24.8. The summed E-state index contributed by atoms with van der Waals surface area (Å²) >= 11 is 5.31. The molecule has 0 amide bonds. The third kappa shape index (κ3) is 19.7. The van der Waals surface area contributed by atoms with Gasteiger partial charge in [-0.2, -0.15) is 0 Å². The Morgan fingerprint density at radius 1 is 0.682 bits per heavy atom. The summed E-state index contributed by atoms with van der Waals surface area (Å²) in [4.78, 5) is 10.6. The standard InChI is InChI=1S/C20H37ClO/c1-2-3-4-5-6-7-8-9-10-11-12-13-14-15-16-17-18-19-20(21)22/h5-6H,2-4,7-19H2,1H3/b6-5+. The Balaban J connectivity index is 3.02. The van der Waals surface area contributed by atoms with Gasteiger partial charge in [-0.15, -0.1) is 0 Å². The van der Waals surface area contributed by atoms with E-state index in [1.165, 1.54) is 83.5 Å². The maximum Gasteiger partial charge on any atom is 0.221 e. The first-order valence-electron chi connectivity index (χ1n) is 9.60. The van der Waals surface area contributed by atoms with Crippen LogP contribution in [0.5, 0.6) is 0 Å². The second-order valence-corrected chi connectivity index (χ2v) is 6.82. The van der Waals surface area contributed by atoms with Crippen molar-refractivity contribution in [3.8, 4) is 0 Å². The Bertz CT molecular complexity index is 260. The molecule has 0 fully saturated rings. The number of allylic oxidation sites excluding steroid dienone is 2. The molecule has 0 atom stereocenters. The molecule has 0 radical (unpaired) electrons. The number of halogens is 1. The molecule has 0 spiro atoms. The zero-order chi connectivity index (χ0) is 16.3. The maximum absolute atomic E-state index is 10.6. The topological polar surface area (TPSA) is 17.1 Å². The largest absolute Gasteiger partial charge is 0.281 e. The Labute approximate surface area is 143 Å². The first-order chi connectivity index (χ1) is 10.8. The number of carbonyl (C=O) groups is 1. The van der Waals surface area contributed by atoms with E-state index in [9.17, 15) is 4.79 Å². The molecule has 0 aliphatic carbocycles. The fourth-order valence-corrected chi connectivity index (χ4v) is 2.81. The van der Waals surface area contributed by atoms with Crippen molar-refractivity contribution in [3.05, 3.63) is 12.2 Å². The van der Waals surface area contributed by atoms with Crippen molar-refractivity contribution in [2.75, 3.05) is 0 Å². The van der Waals surface area contributed by atoms with Crippen molar-refractivity contribution in [1.82, 2.24) is 0 Å². The molecule has 22 heavy (non-hydrogen) atoms. The van der Waals surface area contributed by atoms with E-state index in [2.05, 4.69) is 19.1 Å². The minimum Gasteiger partial charge on any atom is -0.281 e.